The molecule has 0 aliphatic carbocycles. The summed E-state index contributed by atoms with van der Waals surface area (Å²) in [6, 6.07) is 7.47. The van der Waals surface area contributed by atoms with Crippen molar-refractivity contribution in [2.24, 2.45) is 4.99 Å². The molecule has 0 bridgehead atoms. The number of esters is 1. The number of hydrogen-bond acceptors (Lipinski definition) is 6. The van der Waals surface area contributed by atoms with E-state index in [0.717, 1.165) is 37.8 Å². The number of ether oxygens (including phenoxy) is 1. The summed E-state index contributed by atoms with van der Waals surface area (Å²) in [6.07, 6.45) is 0.823. The summed E-state index contributed by atoms with van der Waals surface area (Å²) < 4.78 is 48.4. The van der Waals surface area contributed by atoms with Crippen LogP contribution in [0.3, 0.4) is 0 Å². The average molecular weight is 520 g/mol. The summed E-state index contributed by atoms with van der Waals surface area (Å²) in [5.74, 6) is -1.61. The van der Waals surface area contributed by atoms with Crippen LogP contribution in [-0.4, -0.2) is 48.4 Å². The molecule has 0 N–H and O–H groups in total. The third kappa shape index (κ3) is 5.07. The predicted molar refractivity (Wildman–Crippen MR) is 130 cm³/mol. The zero-order valence-corrected chi connectivity index (χ0v) is 21.3. The van der Waals surface area contributed by atoms with Crippen LogP contribution in [0.1, 0.15) is 30.9 Å². The van der Waals surface area contributed by atoms with Crippen molar-refractivity contribution >= 4 is 43.5 Å². The Morgan fingerprint density at radius 1 is 1.20 bits per heavy atom. The number of thiazole rings is 1. The molecule has 2 aromatic carbocycles. The number of aryl methyl sites for hydroxylation is 2. The van der Waals surface area contributed by atoms with Crippen molar-refractivity contribution in [1.29, 1.82) is 0 Å². The van der Waals surface area contributed by atoms with Gasteiger partial charge >= 0.3 is 5.97 Å². The lowest BCUT2D eigenvalue weighted by atomic mass is 10.1. The van der Waals surface area contributed by atoms with E-state index in [1.807, 2.05) is 26.0 Å². The molecule has 1 saturated heterocycles. The van der Waals surface area contributed by atoms with Gasteiger partial charge in [0.05, 0.1) is 21.7 Å². The maximum Gasteiger partial charge on any atom is 0.326 e. The average Bonchev–Trinajstić information content (AvgIpc) is 3.41. The second kappa shape index (κ2) is 10.00. The Morgan fingerprint density at radius 2 is 1.91 bits per heavy atom. The highest BCUT2D eigenvalue weighted by Gasteiger charge is 2.39. The van der Waals surface area contributed by atoms with E-state index in [0.29, 0.717) is 17.6 Å². The van der Waals surface area contributed by atoms with Crippen LogP contribution in [0.2, 0.25) is 0 Å². The van der Waals surface area contributed by atoms with Crippen molar-refractivity contribution in [2.45, 2.75) is 51.1 Å². The molecule has 11 heteroatoms. The molecule has 0 spiro atoms. The number of sulfonamides is 1. The molecule has 1 atom stereocenters. The first-order chi connectivity index (χ1) is 16.6. The summed E-state index contributed by atoms with van der Waals surface area (Å²) in [5, 5.41) is 0. The third-order valence-corrected chi connectivity index (χ3v) is 8.97. The topological polar surface area (TPSA) is 98.0 Å². The molecule has 35 heavy (non-hydrogen) atoms. The molecule has 186 valence electrons. The molecule has 1 unspecified atom stereocenters. The van der Waals surface area contributed by atoms with E-state index in [-0.39, 0.29) is 24.6 Å². The smallest absolute Gasteiger partial charge is 0.326 e. The fourth-order valence-corrected chi connectivity index (χ4v) is 7.01. The Balaban J connectivity index is 1.75. The number of benzene rings is 2. The number of hydrogen-bond donors (Lipinski definition) is 0. The zero-order chi connectivity index (χ0) is 25.3. The standard InChI is InChI=1S/C24H26FN3O5S2/c1-4-33-21(29)14-27-20-13-15(2)12-16(3)22(20)34-24(27)26-23(30)19-6-5-11-28(19)35(31,32)18-9-7-17(25)8-10-18/h7-10,12-13,19H,4-6,11,14H2,1-3H3. The Morgan fingerprint density at radius 3 is 2.60 bits per heavy atom. The van der Waals surface area contributed by atoms with E-state index in [4.69, 9.17) is 4.74 Å². The molecule has 0 saturated carbocycles. The molecule has 3 aromatic rings. The van der Waals surface area contributed by atoms with Gasteiger partial charge in [0, 0.05) is 6.54 Å². The third-order valence-electron chi connectivity index (χ3n) is 5.82. The van der Waals surface area contributed by atoms with Crippen LogP contribution in [0.5, 0.6) is 0 Å². The lowest BCUT2D eigenvalue weighted by Crippen LogP contribution is -2.40. The number of nitrogens with zero attached hydrogens (tertiary/aromatic N) is 3. The Labute approximate surface area is 206 Å². The second-order valence-electron chi connectivity index (χ2n) is 8.38. The van der Waals surface area contributed by atoms with Gasteiger partial charge in [-0.1, -0.05) is 17.4 Å². The van der Waals surface area contributed by atoms with Crippen LogP contribution in [0.4, 0.5) is 4.39 Å². The number of carbonyl (C=O) groups excluding carboxylic acids is 2. The summed E-state index contributed by atoms with van der Waals surface area (Å²) in [5.41, 5.74) is 2.74. The van der Waals surface area contributed by atoms with Gasteiger partial charge in [-0.2, -0.15) is 9.30 Å². The fraction of sp³-hybridized carbons (Fsp3) is 0.375. The minimum absolute atomic E-state index is 0.0797. The van der Waals surface area contributed by atoms with Crippen LogP contribution in [0.15, 0.2) is 46.3 Å². The molecule has 1 aromatic heterocycles. The molecular formula is C24H26FN3O5S2. The van der Waals surface area contributed by atoms with Gasteiger partial charge in [0.1, 0.15) is 18.4 Å². The van der Waals surface area contributed by atoms with E-state index < -0.39 is 33.8 Å². The number of fused-ring (bicyclic) bond motifs is 1. The van der Waals surface area contributed by atoms with Crippen molar-refractivity contribution in [3.8, 4) is 0 Å². The number of carbonyl (C=O) groups is 2. The first-order valence-electron chi connectivity index (χ1n) is 11.2. The van der Waals surface area contributed by atoms with Gasteiger partial charge in [-0.3, -0.25) is 9.59 Å². The van der Waals surface area contributed by atoms with Crippen LogP contribution >= 0.6 is 11.3 Å². The van der Waals surface area contributed by atoms with Gasteiger partial charge in [-0.15, -0.1) is 0 Å². The predicted octanol–water partition coefficient (Wildman–Crippen LogP) is 3.30. The second-order valence-corrected chi connectivity index (χ2v) is 11.3. The normalized spacial score (nSPS) is 17.3. The molecule has 8 nitrogen and oxygen atoms in total. The molecule has 2 heterocycles. The zero-order valence-electron chi connectivity index (χ0n) is 19.7. The Hall–Kier alpha value is -2.89. The molecule has 1 fully saturated rings. The molecule has 4 rings (SSSR count). The summed E-state index contributed by atoms with van der Waals surface area (Å²) >= 11 is 1.27. The van der Waals surface area contributed by atoms with Crippen molar-refractivity contribution in [3.63, 3.8) is 0 Å². The van der Waals surface area contributed by atoms with E-state index in [1.165, 1.54) is 23.5 Å². The van der Waals surface area contributed by atoms with E-state index in [9.17, 15) is 22.4 Å². The Bertz CT molecular complexity index is 1460. The van der Waals surface area contributed by atoms with Crippen LogP contribution in [0.25, 0.3) is 10.2 Å². The van der Waals surface area contributed by atoms with Gasteiger partial charge in [0.15, 0.2) is 4.80 Å². The Kier molecular flexibility index (Phi) is 7.20. The van der Waals surface area contributed by atoms with E-state index in [2.05, 4.69) is 4.99 Å². The molecule has 0 radical (unpaired) electrons. The fourth-order valence-electron chi connectivity index (χ4n) is 4.27. The first kappa shape index (κ1) is 25.2. The number of amides is 1. The molecule has 1 amide bonds. The van der Waals surface area contributed by atoms with Gasteiger partial charge in [-0.05, 0) is 75.1 Å². The van der Waals surface area contributed by atoms with Crippen molar-refractivity contribution in [3.05, 3.63) is 58.1 Å². The highest BCUT2D eigenvalue weighted by atomic mass is 32.2. The molecule has 1 aliphatic heterocycles. The molecular weight excluding hydrogens is 493 g/mol. The lowest BCUT2D eigenvalue weighted by molar-refractivity contribution is -0.143. The van der Waals surface area contributed by atoms with Crippen molar-refractivity contribution < 1.29 is 27.1 Å². The first-order valence-corrected chi connectivity index (χ1v) is 13.5. The van der Waals surface area contributed by atoms with Gasteiger partial charge < -0.3 is 9.30 Å². The van der Waals surface area contributed by atoms with Crippen LogP contribution in [-0.2, 0) is 30.9 Å². The van der Waals surface area contributed by atoms with Gasteiger partial charge in [0.25, 0.3) is 5.91 Å². The van der Waals surface area contributed by atoms with Crippen LogP contribution in [0, 0.1) is 19.7 Å². The summed E-state index contributed by atoms with van der Waals surface area (Å²) in [7, 11) is -4.01. The number of rotatable bonds is 6. The SMILES string of the molecule is CCOC(=O)Cn1c(=NC(=O)C2CCCN2S(=O)(=O)c2ccc(F)cc2)sc2c(C)cc(C)cc21. The monoisotopic (exact) mass is 519 g/mol. The van der Waals surface area contributed by atoms with Crippen molar-refractivity contribution in [1.82, 2.24) is 8.87 Å². The highest BCUT2D eigenvalue weighted by Crippen LogP contribution is 2.28. The van der Waals surface area contributed by atoms with E-state index in [1.54, 1.807) is 11.5 Å². The number of halogens is 1. The number of aromatic nitrogens is 1. The lowest BCUT2D eigenvalue weighted by Gasteiger charge is -2.21. The minimum atomic E-state index is -4.01. The maximum atomic E-state index is 13.3. The minimum Gasteiger partial charge on any atom is -0.465 e. The van der Waals surface area contributed by atoms with Crippen LogP contribution < -0.4 is 4.80 Å². The summed E-state index contributed by atoms with van der Waals surface area (Å²) in [6.45, 7) is 5.87. The highest BCUT2D eigenvalue weighted by molar-refractivity contribution is 7.89. The largest absolute Gasteiger partial charge is 0.465 e. The van der Waals surface area contributed by atoms with Gasteiger partial charge in [0.2, 0.25) is 10.0 Å². The molecule has 1 aliphatic rings. The maximum absolute atomic E-state index is 13.3. The quantitative estimate of drug-likeness (QED) is 0.466. The van der Waals surface area contributed by atoms with E-state index >= 15 is 0 Å². The van der Waals surface area contributed by atoms with Gasteiger partial charge in [-0.25, -0.2) is 12.8 Å². The van der Waals surface area contributed by atoms with Crippen molar-refractivity contribution in [2.75, 3.05) is 13.2 Å². The summed E-state index contributed by atoms with van der Waals surface area (Å²) in [4.78, 5) is 30.1.